The molecule has 3 nitrogen and oxygen atoms in total. The summed E-state index contributed by atoms with van der Waals surface area (Å²) in [6.07, 6.45) is 3.82. The summed E-state index contributed by atoms with van der Waals surface area (Å²) in [5.74, 6) is 1.03. The lowest BCUT2D eigenvalue weighted by atomic mass is 10.3. The Labute approximate surface area is 83.4 Å². The van der Waals surface area contributed by atoms with Crippen molar-refractivity contribution >= 4 is 0 Å². The largest absolute Gasteiger partial charge is 0.286 e. The molecular formula is C11H13N3. The lowest BCUT2D eigenvalue weighted by molar-refractivity contribution is 0.803. The zero-order chi connectivity index (χ0) is 9.80. The first-order valence-electron chi connectivity index (χ1n) is 4.86. The van der Waals surface area contributed by atoms with Crippen molar-refractivity contribution in [2.45, 2.75) is 19.8 Å². The maximum atomic E-state index is 4.10. The van der Waals surface area contributed by atoms with Crippen LogP contribution in [0.25, 0.3) is 5.69 Å². The van der Waals surface area contributed by atoms with Crippen LogP contribution in [-0.4, -0.2) is 14.8 Å². The second kappa shape index (κ2) is 4.05. The number of benzene rings is 1. The normalized spacial score (nSPS) is 10.4. The van der Waals surface area contributed by atoms with Crippen LogP contribution >= 0.6 is 0 Å². The van der Waals surface area contributed by atoms with Gasteiger partial charge in [-0.2, -0.15) is 0 Å². The number of rotatable bonds is 3. The standard InChI is InChI=1S/C11H13N3/c1-2-6-11-13-12-9-14(11)10-7-4-3-5-8-10/h3-5,7-9H,2,6H2,1H3. The minimum absolute atomic E-state index is 0.967. The molecule has 1 aromatic carbocycles. The fourth-order valence-electron chi connectivity index (χ4n) is 1.46. The summed E-state index contributed by atoms with van der Waals surface area (Å²) in [4.78, 5) is 0. The summed E-state index contributed by atoms with van der Waals surface area (Å²) in [5.41, 5.74) is 1.13. The van der Waals surface area contributed by atoms with Crippen LogP contribution in [0, 0.1) is 0 Å². The van der Waals surface area contributed by atoms with E-state index in [4.69, 9.17) is 0 Å². The highest BCUT2D eigenvalue weighted by molar-refractivity contribution is 5.31. The Balaban J connectivity index is 2.37. The van der Waals surface area contributed by atoms with Crippen molar-refractivity contribution in [2.24, 2.45) is 0 Å². The fourth-order valence-corrected chi connectivity index (χ4v) is 1.46. The minimum Gasteiger partial charge on any atom is -0.286 e. The second-order valence-corrected chi connectivity index (χ2v) is 3.20. The van der Waals surface area contributed by atoms with Gasteiger partial charge in [-0.3, -0.25) is 4.57 Å². The molecule has 0 atom stereocenters. The molecule has 0 spiro atoms. The molecule has 2 rings (SSSR count). The summed E-state index contributed by atoms with van der Waals surface area (Å²) in [6.45, 7) is 2.14. The van der Waals surface area contributed by atoms with Crippen molar-refractivity contribution in [1.82, 2.24) is 14.8 Å². The number of hydrogen-bond acceptors (Lipinski definition) is 2. The van der Waals surface area contributed by atoms with E-state index in [0.29, 0.717) is 0 Å². The third-order valence-electron chi connectivity index (χ3n) is 2.13. The maximum Gasteiger partial charge on any atom is 0.137 e. The van der Waals surface area contributed by atoms with E-state index in [9.17, 15) is 0 Å². The average molecular weight is 187 g/mol. The highest BCUT2D eigenvalue weighted by atomic mass is 15.3. The van der Waals surface area contributed by atoms with Gasteiger partial charge in [0.05, 0.1) is 0 Å². The second-order valence-electron chi connectivity index (χ2n) is 3.20. The lowest BCUT2D eigenvalue weighted by Gasteiger charge is -2.04. The number of para-hydroxylation sites is 1. The molecule has 0 unspecified atom stereocenters. The molecular weight excluding hydrogens is 174 g/mol. The van der Waals surface area contributed by atoms with Gasteiger partial charge in [0, 0.05) is 12.1 Å². The number of aryl methyl sites for hydroxylation is 1. The van der Waals surface area contributed by atoms with Crippen molar-refractivity contribution in [3.8, 4) is 5.69 Å². The molecule has 0 radical (unpaired) electrons. The number of aromatic nitrogens is 3. The van der Waals surface area contributed by atoms with Crippen LogP contribution in [-0.2, 0) is 6.42 Å². The van der Waals surface area contributed by atoms with Gasteiger partial charge in [0.15, 0.2) is 0 Å². The van der Waals surface area contributed by atoms with Crippen molar-refractivity contribution in [1.29, 1.82) is 0 Å². The third kappa shape index (κ3) is 1.66. The molecule has 0 aliphatic heterocycles. The minimum atomic E-state index is 0.967. The molecule has 0 aliphatic rings. The van der Waals surface area contributed by atoms with Crippen LogP contribution in [0.4, 0.5) is 0 Å². The Bertz CT molecular complexity index is 392. The molecule has 0 N–H and O–H groups in total. The van der Waals surface area contributed by atoms with E-state index >= 15 is 0 Å². The van der Waals surface area contributed by atoms with Crippen LogP contribution < -0.4 is 0 Å². The van der Waals surface area contributed by atoms with Crippen LogP contribution in [0.15, 0.2) is 36.7 Å². The van der Waals surface area contributed by atoms with E-state index in [0.717, 1.165) is 24.4 Å². The van der Waals surface area contributed by atoms with E-state index in [-0.39, 0.29) is 0 Å². The van der Waals surface area contributed by atoms with Crippen molar-refractivity contribution < 1.29 is 0 Å². The van der Waals surface area contributed by atoms with E-state index in [2.05, 4.69) is 29.3 Å². The first kappa shape index (κ1) is 8.94. The molecule has 0 aliphatic carbocycles. The Morgan fingerprint density at radius 1 is 1.21 bits per heavy atom. The maximum absolute atomic E-state index is 4.10. The third-order valence-corrected chi connectivity index (χ3v) is 2.13. The Kier molecular flexibility index (Phi) is 2.58. The van der Waals surface area contributed by atoms with Gasteiger partial charge in [-0.15, -0.1) is 10.2 Å². The topological polar surface area (TPSA) is 30.7 Å². The highest BCUT2D eigenvalue weighted by Crippen LogP contribution is 2.09. The Morgan fingerprint density at radius 2 is 2.00 bits per heavy atom. The van der Waals surface area contributed by atoms with Crippen LogP contribution in [0.5, 0.6) is 0 Å². The number of nitrogens with zero attached hydrogens (tertiary/aromatic N) is 3. The van der Waals surface area contributed by atoms with Crippen LogP contribution in [0.3, 0.4) is 0 Å². The molecule has 2 aromatic rings. The summed E-state index contributed by atoms with van der Waals surface area (Å²) < 4.78 is 2.03. The molecule has 0 fully saturated rings. The molecule has 72 valence electrons. The molecule has 0 amide bonds. The fraction of sp³-hybridized carbons (Fsp3) is 0.273. The van der Waals surface area contributed by atoms with Gasteiger partial charge in [-0.25, -0.2) is 0 Å². The van der Waals surface area contributed by atoms with Gasteiger partial charge in [-0.1, -0.05) is 25.1 Å². The van der Waals surface area contributed by atoms with Gasteiger partial charge in [0.2, 0.25) is 0 Å². The first-order valence-corrected chi connectivity index (χ1v) is 4.86. The molecule has 0 saturated heterocycles. The van der Waals surface area contributed by atoms with E-state index in [1.807, 2.05) is 22.8 Å². The summed E-state index contributed by atoms with van der Waals surface area (Å²) >= 11 is 0. The molecule has 3 heteroatoms. The van der Waals surface area contributed by atoms with Crippen molar-refractivity contribution in [3.63, 3.8) is 0 Å². The highest BCUT2D eigenvalue weighted by Gasteiger charge is 2.03. The SMILES string of the molecule is CCCc1nncn1-c1ccccc1. The van der Waals surface area contributed by atoms with Gasteiger partial charge in [0.1, 0.15) is 12.2 Å². The molecule has 14 heavy (non-hydrogen) atoms. The molecule has 0 saturated carbocycles. The zero-order valence-electron chi connectivity index (χ0n) is 8.22. The van der Waals surface area contributed by atoms with Crippen molar-refractivity contribution in [3.05, 3.63) is 42.5 Å². The molecule has 0 bridgehead atoms. The van der Waals surface area contributed by atoms with E-state index < -0.39 is 0 Å². The Morgan fingerprint density at radius 3 is 2.71 bits per heavy atom. The summed E-state index contributed by atoms with van der Waals surface area (Å²) in [7, 11) is 0. The first-order chi connectivity index (χ1) is 6.92. The van der Waals surface area contributed by atoms with E-state index in [1.165, 1.54) is 0 Å². The summed E-state index contributed by atoms with van der Waals surface area (Å²) in [5, 5.41) is 8.03. The average Bonchev–Trinajstić information content (AvgIpc) is 2.68. The van der Waals surface area contributed by atoms with Gasteiger partial charge >= 0.3 is 0 Å². The lowest BCUT2D eigenvalue weighted by Crippen LogP contribution is -1.99. The van der Waals surface area contributed by atoms with Gasteiger partial charge < -0.3 is 0 Å². The predicted octanol–water partition coefficient (Wildman–Crippen LogP) is 2.22. The quantitative estimate of drug-likeness (QED) is 0.737. The van der Waals surface area contributed by atoms with E-state index in [1.54, 1.807) is 6.33 Å². The van der Waals surface area contributed by atoms with Crippen molar-refractivity contribution in [2.75, 3.05) is 0 Å². The Hall–Kier alpha value is -1.64. The number of hydrogen-bond donors (Lipinski definition) is 0. The molecule has 1 heterocycles. The van der Waals surface area contributed by atoms with Gasteiger partial charge in [0.25, 0.3) is 0 Å². The molecule has 1 aromatic heterocycles. The zero-order valence-corrected chi connectivity index (χ0v) is 8.22. The van der Waals surface area contributed by atoms with Crippen LogP contribution in [0.1, 0.15) is 19.2 Å². The van der Waals surface area contributed by atoms with Gasteiger partial charge in [-0.05, 0) is 18.6 Å². The smallest absolute Gasteiger partial charge is 0.137 e. The predicted molar refractivity (Wildman–Crippen MR) is 55.4 cm³/mol. The monoisotopic (exact) mass is 187 g/mol. The summed E-state index contributed by atoms with van der Waals surface area (Å²) in [6, 6.07) is 10.2. The van der Waals surface area contributed by atoms with Crippen LogP contribution in [0.2, 0.25) is 0 Å².